The molecule has 114 valence electrons. The molecule has 0 amide bonds. The van der Waals surface area contributed by atoms with E-state index >= 15 is 0 Å². The summed E-state index contributed by atoms with van der Waals surface area (Å²) in [6.45, 7) is 0. The SMILES string of the molecule is COc1cc(C(C#N)c2c(F)cccc2F)nc(N(C)C)n1. The number of hydrogen-bond donors (Lipinski definition) is 0. The molecule has 1 unspecified atom stereocenters. The summed E-state index contributed by atoms with van der Waals surface area (Å²) in [5, 5.41) is 9.38. The van der Waals surface area contributed by atoms with Crippen molar-refractivity contribution in [1.29, 1.82) is 5.26 Å². The molecule has 5 nitrogen and oxygen atoms in total. The third-order valence-electron chi connectivity index (χ3n) is 3.03. The van der Waals surface area contributed by atoms with E-state index in [-0.39, 0.29) is 23.1 Å². The lowest BCUT2D eigenvalue weighted by Crippen LogP contribution is -2.16. The molecule has 0 spiro atoms. The number of rotatable bonds is 4. The molecule has 1 aromatic carbocycles. The average Bonchev–Trinajstić information content (AvgIpc) is 2.50. The second-order valence-electron chi connectivity index (χ2n) is 4.73. The average molecular weight is 304 g/mol. The maximum absolute atomic E-state index is 13.9. The molecule has 0 saturated heterocycles. The van der Waals surface area contributed by atoms with Gasteiger partial charge in [0.25, 0.3) is 0 Å². The largest absolute Gasteiger partial charge is 0.481 e. The molecule has 0 aliphatic carbocycles. The lowest BCUT2D eigenvalue weighted by atomic mass is 9.95. The smallest absolute Gasteiger partial charge is 0.228 e. The van der Waals surface area contributed by atoms with Crippen LogP contribution >= 0.6 is 0 Å². The van der Waals surface area contributed by atoms with Crippen LogP contribution < -0.4 is 9.64 Å². The van der Waals surface area contributed by atoms with E-state index in [1.807, 2.05) is 6.07 Å². The molecule has 0 saturated carbocycles. The van der Waals surface area contributed by atoms with Crippen LogP contribution in [0.3, 0.4) is 0 Å². The van der Waals surface area contributed by atoms with Crippen molar-refractivity contribution < 1.29 is 13.5 Å². The van der Waals surface area contributed by atoms with Gasteiger partial charge >= 0.3 is 0 Å². The summed E-state index contributed by atoms with van der Waals surface area (Å²) in [5.74, 6) is -2.29. The first-order chi connectivity index (χ1) is 10.5. The second-order valence-corrected chi connectivity index (χ2v) is 4.73. The fourth-order valence-electron chi connectivity index (χ4n) is 1.95. The highest BCUT2D eigenvalue weighted by atomic mass is 19.1. The van der Waals surface area contributed by atoms with E-state index in [0.29, 0.717) is 0 Å². The van der Waals surface area contributed by atoms with Crippen LogP contribution in [0.2, 0.25) is 0 Å². The molecule has 2 aromatic rings. The molecule has 2 rings (SSSR count). The highest BCUT2D eigenvalue weighted by Gasteiger charge is 2.24. The molecule has 1 aromatic heterocycles. The van der Waals surface area contributed by atoms with E-state index in [9.17, 15) is 14.0 Å². The molecule has 1 atom stereocenters. The van der Waals surface area contributed by atoms with Crippen LogP contribution in [0, 0.1) is 23.0 Å². The van der Waals surface area contributed by atoms with Crippen LogP contribution in [0.25, 0.3) is 0 Å². The molecular formula is C15H14F2N4O. The predicted molar refractivity (Wildman–Crippen MR) is 76.7 cm³/mol. The van der Waals surface area contributed by atoms with Gasteiger partial charge in [-0.15, -0.1) is 0 Å². The Hall–Kier alpha value is -2.75. The lowest BCUT2D eigenvalue weighted by molar-refractivity contribution is 0.396. The van der Waals surface area contributed by atoms with E-state index in [1.54, 1.807) is 19.0 Å². The van der Waals surface area contributed by atoms with E-state index in [0.717, 1.165) is 12.1 Å². The van der Waals surface area contributed by atoms with E-state index in [1.165, 1.54) is 19.2 Å². The first kappa shape index (κ1) is 15.6. The number of benzene rings is 1. The van der Waals surface area contributed by atoms with Crippen molar-refractivity contribution in [1.82, 2.24) is 9.97 Å². The second kappa shape index (κ2) is 6.35. The lowest BCUT2D eigenvalue weighted by Gasteiger charge is -2.16. The highest BCUT2D eigenvalue weighted by molar-refractivity contribution is 5.41. The first-order valence-corrected chi connectivity index (χ1v) is 6.41. The van der Waals surface area contributed by atoms with Gasteiger partial charge in [0.05, 0.1) is 18.9 Å². The minimum Gasteiger partial charge on any atom is -0.481 e. The molecule has 7 heteroatoms. The van der Waals surface area contributed by atoms with Crippen molar-refractivity contribution in [3.05, 3.63) is 47.2 Å². The predicted octanol–water partition coefficient (Wildman–Crippen LogP) is 2.48. The first-order valence-electron chi connectivity index (χ1n) is 6.41. The minimum atomic E-state index is -1.20. The monoisotopic (exact) mass is 304 g/mol. The van der Waals surface area contributed by atoms with Gasteiger partial charge in [-0.3, -0.25) is 0 Å². The van der Waals surface area contributed by atoms with Crippen molar-refractivity contribution >= 4 is 5.95 Å². The van der Waals surface area contributed by atoms with Crippen LogP contribution in [-0.2, 0) is 0 Å². The number of halogens is 2. The summed E-state index contributed by atoms with van der Waals surface area (Å²) in [7, 11) is 4.84. The molecule has 0 aliphatic rings. The molecule has 0 fully saturated rings. The van der Waals surface area contributed by atoms with Gasteiger partial charge in [0.2, 0.25) is 11.8 Å². The van der Waals surface area contributed by atoms with Crippen molar-refractivity contribution in [3.63, 3.8) is 0 Å². The van der Waals surface area contributed by atoms with Gasteiger partial charge in [-0.25, -0.2) is 13.8 Å². The molecule has 22 heavy (non-hydrogen) atoms. The van der Waals surface area contributed by atoms with Gasteiger partial charge in [-0.05, 0) is 12.1 Å². The molecule has 0 radical (unpaired) electrons. The third-order valence-corrected chi connectivity index (χ3v) is 3.03. The Balaban J connectivity index is 2.62. The van der Waals surface area contributed by atoms with Crippen molar-refractivity contribution in [2.45, 2.75) is 5.92 Å². The van der Waals surface area contributed by atoms with Crippen LogP contribution in [0.5, 0.6) is 5.88 Å². The van der Waals surface area contributed by atoms with Gasteiger partial charge < -0.3 is 9.64 Å². The third kappa shape index (κ3) is 2.96. The normalized spacial score (nSPS) is 11.6. The topological polar surface area (TPSA) is 62.0 Å². The Morgan fingerprint density at radius 3 is 2.36 bits per heavy atom. The summed E-state index contributed by atoms with van der Waals surface area (Å²) in [5.41, 5.74) is -0.169. The van der Waals surface area contributed by atoms with Gasteiger partial charge in [0.15, 0.2) is 0 Å². The Labute approximate surface area is 126 Å². The fraction of sp³-hybridized carbons (Fsp3) is 0.267. The molecule has 0 N–H and O–H groups in total. The fourth-order valence-corrected chi connectivity index (χ4v) is 1.95. The van der Waals surface area contributed by atoms with Gasteiger partial charge in [-0.1, -0.05) is 6.07 Å². The number of hydrogen-bond acceptors (Lipinski definition) is 5. The Bertz CT molecular complexity index is 708. The number of methoxy groups -OCH3 is 1. The van der Waals surface area contributed by atoms with Crippen LogP contribution in [0.4, 0.5) is 14.7 Å². The van der Waals surface area contributed by atoms with Crippen LogP contribution in [0.15, 0.2) is 24.3 Å². The zero-order valence-electron chi connectivity index (χ0n) is 12.3. The zero-order valence-corrected chi connectivity index (χ0v) is 12.3. The molecule has 0 aliphatic heterocycles. The Morgan fingerprint density at radius 1 is 1.23 bits per heavy atom. The maximum atomic E-state index is 13.9. The number of aromatic nitrogens is 2. The molecular weight excluding hydrogens is 290 g/mol. The number of ether oxygens (including phenoxy) is 1. The van der Waals surface area contributed by atoms with E-state index in [4.69, 9.17) is 4.74 Å². The van der Waals surface area contributed by atoms with Crippen molar-refractivity contribution in [2.24, 2.45) is 0 Å². The van der Waals surface area contributed by atoms with E-state index in [2.05, 4.69) is 9.97 Å². The maximum Gasteiger partial charge on any atom is 0.228 e. The number of anilines is 1. The minimum absolute atomic E-state index is 0.169. The Kier molecular flexibility index (Phi) is 4.51. The molecule has 1 heterocycles. The summed E-state index contributed by atoms with van der Waals surface area (Å²) < 4.78 is 32.9. The van der Waals surface area contributed by atoms with Gasteiger partial charge in [0.1, 0.15) is 17.6 Å². The van der Waals surface area contributed by atoms with Crippen molar-refractivity contribution in [2.75, 3.05) is 26.1 Å². The number of nitriles is 1. The zero-order chi connectivity index (χ0) is 16.3. The number of nitrogens with zero attached hydrogens (tertiary/aromatic N) is 4. The molecule has 0 bridgehead atoms. The van der Waals surface area contributed by atoms with Gasteiger partial charge in [-0.2, -0.15) is 10.2 Å². The van der Waals surface area contributed by atoms with Gasteiger partial charge in [0, 0.05) is 25.7 Å². The summed E-state index contributed by atoms with van der Waals surface area (Å²) in [6, 6.07) is 6.74. The quantitative estimate of drug-likeness (QED) is 0.868. The van der Waals surface area contributed by atoms with Crippen LogP contribution in [-0.4, -0.2) is 31.2 Å². The summed E-state index contributed by atoms with van der Waals surface area (Å²) in [4.78, 5) is 9.90. The summed E-state index contributed by atoms with van der Waals surface area (Å²) >= 11 is 0. The van der Waals surface area contributed by atoms with E-state index < -0.39 is 17.6 Å². The summed E-state index contributed by atoms with van der Waals surface area (Å²) in [6.07, 6.45) is 0. The van der Waals surface area contributed by atoms with Crippen LogP contribution in [0.1, 0.15) is 17.2 Å². The Morgan fingerprint density at radius 2 is 1.86 bits per heavy atom. The van der Waals surface area contributed by atoms with Crippen molar-refractivity contribution in [3.8, 4) is 11.9 Å². The highest BCUT2D eigenvalue weighted by Crippen LogP contribution is 2.29. The standard InChI is InChI=1S/C15H14F2N4O/c1-21(2)15-19-12(7-13(20-15)22-3)9(8-18)14-10(16)5-4-6-11(14)17/h4-7,9H,1-3H3.